The Bertz CT molecular complexity index is 925. The normalized spacial score (nSPS) is 21.6. The molecule has 2 aromatic carbocycles. The molecule has 2 aromatic rings. The summed E-state index contributed by atoms with van der Waals surface area (Å²) >= 11 is 0. The fourth-order valence-electron chi connectivity index (χ4n) is 4.98. The third kappa shape index (κ3) is 6.89. The Hall–Kier alpha value is -2.36. The summed E-state index contributed by atoms with van der Waals surface area (Å²) in [7, 11) is 3.42. The first-order chi connectivity index (χ1) is 17.7. The maximum Gasteiger partial charge on any atom is 0.142 e. The van der Waals surface area contributed by atoms with Crippen LogP contribution in [0.4, 0.5) is 5.69 Å². The predicted molar refractivity (Wildman–Crippen MR) is 139 cm³/mol. The highest BCUT2D eigenvalue weighted by molar-refractivity contribution is 5.61. The Kier molecular flexibility index (Phi) is 10.2. The average molecular weight is 501 g/mol. The first-order valence-corrected chi connectivity index (χ1v) is 12.9. The Morgan fingerprint density at radius 1 is 1.00 bits per heavy atom. The smallest absolute Gasteiger partial charge is 0.142 e. The standard InChI is InChI=1S/C28H40N2O6/c1-32-14-3-11-30-12-16-35-25-10-5-21(17-24(25)30)20-36-27-19-29-18-26(34-15-4-13-31)28(27)22-6-8-23(33-2)9-7-22/h5-10,17,26-29,31H,3-4,11-16,18-20H2,1-2H3/t26-,27?,28?/m1/s1. The van der Waals surface area contributed by atoms with Gasteiger partial charge in [-0.05, 0) is 48.2 Å². The lowest BCUT2D eigenvalue weighted by Crippen LogP contribution is -2.50. The minimum atomic E-state index is -0.0589. The van der Waals surface area contributed by atoms with Gasteiger partial charge in [0.2, 0.25) is 0 Å². The van der Waals surface area contributed by atoms with Crippen LogP contribution < -0.4 is 19.7 Å². The topological polar surface area (TPSA) is 81.7 Å². The zero-order chi connectivity index (χ0) is 25.2. The quantitative estimate of drug-likeness (QED) is 0.407. The molecular weight excluding hydrogens is 460 g/mol. The second-order valence-electron chi connectivity index (χ2n) is 9.28. The van der Waals surface area contributed by atoms with E-state index >= 15 is 0 Å². The Labute approximate surface area is 214 Å². The first-order valence-electron chi connectivity index (χ1n) is 12.9. The molecule has 0 aromatic heterocycles. The van der Waals surface area contributed by atoms with E-state index < -0.39 is 0 Å². The highest BCUT2D eigenvalue weighted by Gasteiger charge is 2.36. The number of benzene rings is 2. The number of hydrogen-bond acceptors (Lipinski definition) is 8. The monoisotopic (exact) mass is 500 g/mol. The molecule has 3 atom stereocenters. The van der Waals surface area contributed by atoms with Crippen molar-refractivity contribution in [1.82, 2.24) is 5.32 Å². The minimum absolute atomic E-state index is 0.0445. The number of ether oxygens (including phenoxy) is 5. The van der Waals surface area contributed by atoms with E-state index in [1.165, 1.54) is 5.56 Å². The van der Waals surface area contributed by atoms with Crippen LogP contribution in [0.2, 0.25) is 0 Å². The fraction of sp³-hybridized carbons (Fsp3) is 0.571. The third-order valence-electron chi connectivity index (χ3n) is 6.85. The fourth-order valence-corrected chi connectivity index (χ4v) is 4.98. The molecule has 2 aliphatic rings. The lowest BCUT2D eigenvalue weighted by atomic mass is 9.85. The number of nitrogens with zero attached hydrogens (tertiary/aromatic N) is 1. The van der Waals surface area contributed by atoms with Crippen molar-refractivity contribution in [3.05, 3.63) is 53.6 Å². The van der Waals surface area contributed by atoms with Gasteiger partial charge in [0.1, 0.15) is 18.1 Å². The summed E-state index contributed by atoms with van der Waals surface area (Å²) in [4.78, 5) is 2.37. The number of rotatable bonds is 13. The molecule has 2 unspecified atom stereocenters. The van der Waals surface area contributed by atoms with Crippen LogP contribution in [0.5, 0.6) is 11.5 Å². The van der Waals surface area contributed by atoms with Gasteiger partial charge in [0.25, 0.3) is 0 Å². The molecule has 36 heavy (non-hydrogen) atoms. The molecular formula is C28H40N2O6. The van der Waals surface area contributed by atoms with E-state index in [-0.39, 0.29) is 24.7 Å². The van der Waals surface area contributed by atoms with Crippen molar-refractivity contribution in [1.29, 1.82) is 0 Å². The van der Waals surface area contributed by atoms with Crippen molar-refractivity contribution < 1.29 is 28.8 Å². The second-order valence-corrected chi connectivity index (χ2v) is 9.28. The first kappa shape index (κ1) is 26.7. The Balaban J connectivity index is 1.47. The molecule has 2 aliphatic heterocycles. The van der Waals surface area contributed by atoms with E-state index in [0.717, 1.165) is 62.0 Å². The van der Waals surface area contributed by atoms with Crippen LogP contribution in [0.3, 0.4) is 0 Å². The Morgan fingerprint density at radius 2 is 1.81 bits per heavy atom. The predicted octanol–water partition coefficient (Wildman–Crippen LogP) is 2.97. The number of hydrogen-bond donors (Lipinski definition) is 2. The number of piperidine rings is 1. The summed E-state index contributed by atoms with van der Waals surface area (Å²) in [6, 6.07) is 14.5. The van der Waals surface area contributed by atoms with Crippen molar-refractivity contribution in [3.63, 3.8) is 0 Å². The van der Waals surface area contributed by atoms with Gasteiger partial charge in [-0.15, -0.1) is 0 Å². The van der Waals surface area contributed by atoms with Crippen LogP contribution in [-0.4, -0.2) is 84.1 Å². The largest absolute Gasteiger partial charge is 0.497 e. The zero-order valence-electron chi connectivity index (χ0n) is 21.5. The van der Waals surface area contributed by atoms with Crippen molar-refractivity contribution in [3.8, 4) is 11.5 Å². The van der Waals surface area contributed by atoms with Gasteiger partial charge in [0, 0.05) is 52.5 Å². The average Bonchev–Trinajstić information content (AvgIpc) is 2.92. The lowest BCUT2D eigenvalue weighted by Gasteiger charge is -2.39. The van der Waals surface area contributed by atoms with Gasteiger partial charge in [-0.1, -0.05) is 18.2 Å². The van der Waals surface area contributed by atoms with Crippen LogP contribution in [0.25, 0.3) is 0 Å². The van der Waals surface area contributed by atoms with Crippen molar-refractivity contribution in [2.45, 2.75) is 37.6 Å². The molecule has 2 heterocycles. The van der Waals surface area contributed by atoms with Gasteiger partial charge in [-0.3, -0.25) is 0 Å². The van der Waals surface area contributed by atoms with Gasteiger partial charge < -0.3 is 39.0 Å². The molecule has 0 amide bonds. The highest BCUT2D eigenvalue weighted by Crippen LogP contribution is 2.35. The molecule has 0 saturated carbocycles. The number of nitrogens with one attached hydrogen (secondary N) is 1. The van der Waals surface area contributed by atoms with E-state index in [1.807, 2.05) is 12.1 Å². The molecule has 4 rings (SSSR count). The van der Waals surface area contributed by atoms with E-state index in [2.05, 4.69) is 40.5 Å². The van der Waals surface area contributed by atoms with Crippen LogP contribution in [0, 0.1) is 0 Å². The maximum absolute atomic E-state index is 9.21. The molecule has 2 N–H and O–H groups in total. The summed E-state index contributed by atoms with van der Waals surface area (Å²) < 4.78 is 29.2. The number of methoxy groups -OCH3 is 2. The SMILES string of the molecule is COCCCN1CCOc2ccc(COC3CNC[C@@H](OCCCO)C3c3ccc(OC)cc3)cc21. The highest BCUT2D eigenvalue weighted by atomic mass is 16.5. The molecule has 1 saturated heterocycles. The number of aliphatic hydroxyl groups is 1. The molecule has 0 spiro atoms. The summed E-state index contributed by atoms with van der Waals surface area (Å²) in [5.41, 5.74) is 3.41. The van der Waals surface area contributed by atoms with Crippen molar-refractivity contribution >= 4 is 5.69 Å². The molecule has 198 valence electrons. The lowest BCUT2D eigenvalue weighted by molar-refractivity contribution is -0.0616. The third-order valence-corrected chi connectivity index (χ3v) is 6.85. The second kappa shape index (κ2) is 13.8. The molecule has 0 aliphatic carbocycles. The summed E-state index contributed by atoms with van der Waals surface area (Å²) in [5, 5.41) is 12.7. The van der Waals surface area contributed by atoms with Gasteiger partial charge in [0.15, 0.2) is 0 Å². The van der Waals surface area contributed by atoms with Crippen LogP contribution in [0.15, 0.2) is 42.5 Å². The van der Waals surface area contributed by atoms with Gasteiger partial charge >= 0.3 is 0 Å². The van der Waals surface area contributed by atoms with E-state index in [1.54, 1.807) is 14.2 Å². The summed E-state index contributed by atoms with van der Waals surface area (Å²) in [5.74, 6) is 1.83. The van der Waals surface area contributed by atoms with Crippen LogP contribution in [-0.2, 0) is 20.8 Å². The molecule has 1 fully saturated rings. The van der Waals surface area contributed by atoms with E-state index in [4.69, 9.17) is 23.7 Å². The Morgan fingerprint density at radius 3 is 2.56 bits per heavy atom. The van der Waals surface area contributed by atoms with Crippen LogP contribution in [0.1, 0.15) is 29.9 Å². The van der Waals surface area contributed by atoms with Crippen LogP contribution >= 0.6 is 0 Å². The minimum Gasteiger partial charge on any atom is -0.497 e. The van der Waals surface area contributed by atoms with Gasteiger partial charge in [-0.25, -0.2) is 0 Å². The van der Waals surface area contributed by atoms with E-state index in [9.17, 15) is 5.11 Å². The van der Waals surface area contributed by atoms with Gasteiger partial charge in [-0.2, -0.15) is 0 Å². The maximum atomic E-state index is 9.21. The molecule has 8 nitrogen and oxygen atoms in total. The summed E-state index contributed by atoms with van der Waals surface area (Å²) in [6.45, 7) is 5.89. The van der Waals surface area contributed by atoms with E-state index in [0.29, 0.717) is 26.2 Å². The van der Waals surface area contributed by atoms with Crippen molar-refractivity contribution in [2.24, 2.45) is 0 Å². The number of aliphatic hydroxyl groups excluding tert-OH is 1. The number of fused-ring (bicyclic) bond motifs is 1. The van der Waals surface area contributed by atoms with Gasteiger partial charge in [0.05, 0.1) is 38.2 Å². The molecule has 0 bridgehead atoms. The molecule has 0 radical (unpaired) electrons. The number of anilines is 1. The summed E-state index contributed by atoms with van der Waals surface area (Å²) in [6.07, 6.45) is 1.49. The van der Waals surface area contributed by atoms with Crippen molar-refractivity contribution in [2.75, 3.05) is 71.7 Å². The zero-order valence-corrected chi connectivity index (χ0v) is 21.5. The molecule has 8 heteroatoms.